The first-order chi connectivity index (χ1) is 5.70. The summed E-state index contributed by atoms with van der Waals surface area (Å²) in [6.45, 7) is 1.47. The van der Waals surface area contributed by atoms with Crippen molar-refractivity contribution in [3.8, 4) is 0 Å². The zero-order chi connectivity index (χ0) is 8.97. The van der Waals surface area contributed by atoms with Gasteiger partial charge in [0.25, 0.3) is 5.91 Å². The third-order valence-corrected chi connectivity index (χ3v) is 1.24. The van der Waals surface area contributed by atoms with Crippen molar-refractivity contribution in [3.05, 3.63) is 30.1 Å². The van der Waals surface area contributed by atoms with E-state index in [9.17, 15) is 4.79 Å². The summed E-state index contributed by atoms with van der Waals surface area (Å²) in [7, 11) is 0. The lowest BCUT2D eigenvalue weighted by Crippen LogP contribution is -2.32. The molecule has 0 saturated heterocycles. The Bertz CT molecular complexity index is 259. The summed E-state index contributed by atoms with van der Waals surface area (Å²) < 4.78 is 0. The molecule has 0 aromatic carbocycles. The van der Waals surface area contributed by atoms with Gasteiger partial charge in [0.1, 0.15) is 11.9 Å². The second-order valence-corrected chi connectivity index (χ2v) is 2.36. The smallest absolute Gasteiger partial charge is 0.271 e. The van der Waals surface area contributed by atoms with Gasteiger partial charge in [0.2, 0.25) is 0 Å². The summed E-state index contributed by atoms with van der Waals surface area (Å²) in [4.78, 5) is 14.9. The van der Waals surface area contributed by atoms with Gasteiger partial charge in [-0.05, 0) is 19.1 Å². The van der Waals surface area contributed by atoms with E-state index in [2.05, 4.69) is 10.3 Å². The van der Waals surface area contributed by atoms with Crippen molar-refractivity contribution in [2.24, 2.45) is 0 Å². The first kappa shape index (κ1) is 8.67. The van der Waals surface area contributed by atoms with Gasteiger partial charge in [0.05, 0.1) is 0 Å². The summed E-state index contributed by atoms with van der Waals surface area (Å²) in [6.07, 6.45) is 0.677. The van der Waals surface area contributed by atoms with Gasteiger partial charge in [0.15, 0.2) is 0 Å². The van der Waals surface area contributed by atoms with Crippen molar-refractivity contribution >= 4 is 5.91 Å². The maximum absolute atomic E-state index is 11.1. The van der Waals surface area contributed by atoms with Crippen LogP contribution in [0.1, 0.15) is 17.4 Å². The number of amides is 1. The van der Waals surface area contributed by atoms with Crippen LogP contribution in [-0.2, 0) is 0 Å². The number of pyridine rings is 1. The highest BCUT2D eigenvalue weighted by molar-refractivity contribution is 5.92. The van der Waals surface area contributed by atoms with Crippen LogP contribution in [0.4, 0.5) is 0 Å². The number of hydrogen-bond acceptors (Lipinski definition) is 3. The number of carbonyl (C=O) groups is 1. The van der Waals surface area contributed by atoms with Crippen molar-refractivity contribution in [1.29, 1.82) is 0 Å². The monoisotopic (exact) mass is 166 g/mol. The molecule has 4 heteroatoms. The summed E-state index contributed by atoms with van der Waals surface area (Å²) >= 11 is 0. The van der Waals surface area contributed by atoms with Gasteiger partial charge >= 0.3 is 0 Å². The molecule has 0 aliphatic rings. The molecule has 0 bridgehead atoms. The Kier molecular flexibility index (Phi) is 2.76. The molecule has 2 N–H and O–H groups in total. The Labute approximate surface area is 70.3 Å². The van der Waals surface area contributed by atoms with E-state index < -0.39 is 6.23 Å². The minimum Gasteiger partial charge on any atom is -0.374 e. The van der Waals surface area contributed by atoms with Crippen molar-refractivity contribution in [2.75, 3.05) is 0 Å². The molecular formula is C8H10N2O2. The van der Waals surface area contributed by atoms with Crippen LogP contribution >= 0.6 is 0 Å². The third kappa shape index (κ3) is 2.32. The van der Waals surface area contributed by atoms with Crippen LogP contribution in [0.3, 0.4) is 0 Å². The highest BCUT2D eigenvalue weighted by Gasteiger charge is 2.06. The first-order valence-corrected chi connectivity index (χ1v) is 3.60. The second-order valence-electron chi connectivity index (χ2n) is 2.36. The Morgan fingerprint density at radius 1 is 1.67 bits per heavy atom. The molecule has 1 unspecified atom stereocenters. The molecule has 1 aromatic heterocycles. The Balaban J connectivity index is 2.66. The molecular weight excluding hydrogens is 156 g/mol. The molecule has 0 spiro atoms. The summed E-state index contributed by atoms with van der Waals surface area (Å²) in [5, 5.41) is 11.1. The van der Waals surface area contributed by atoms with Crippen LogP contribution in [0.2, 0.25) is 0 Å². The van der Waals surface area contributed by atoms with E-state index in [-0.39, 0.29) is 5.91 Å². The highest BCUT2D eigenvalue weighted by Crippen LogP contribution is 1.92. The fourth-order valence-corrected chi connectivity index (χ4v) is 0.761. The van der Waals surface area contributed by atoms with E-state index in [0.717, 1.165) is 0 Å². The fraction of sp³-hybridized carbons (Fsp3) is 0.250. The standard InChI is InChI=1S/C8H10N2O2/c1-6(11)10-8(12)7-4-2-3-5-9-7/h2-6,11H,1H3,(H,10,12). The number of nitrogens with zero attached hydrogens (tertiary/aromatic N) is 1. The molecule has 1 atom stereocenters. The maximum Gasteiger partial charge on any atom is 0.271 e. The van der Waals surface area contributed by atoms with E-state index in [1.54, 1.807) is 18.2 Å². The van der Waals surface area contributed by atoms with Crippen LogP contribution in [0.25, 0.3) is 0 Å². The number of hydrogen-bond donors (Lipinski definition) is 2. The van der Waals surface area contributed by atoms with Gasteiger partial charge < -0.3 is 10.4 Å². The lowest BCUT2D eigenvalue weighted by molar-refractivity contribution is 0.0814. The van der Waals surface area contributed by atoms with Crippen LogP contribution in [-0.4, -0.2) is 22.2 Å². The summed E-state index contributed by atoms with van der Waals surface area (Å²) in [6, 6.07) is 5.01. The predicted molar refractivity (Wildman–Crippen MR) is 43.4 cm³/mol. The average Bonchev–Trinajstić information content (AvgIpc) is 2.05. The number of aromatic nitrogens is 1. The maximum atomic E-state index is 11.1. The molecule has 12 heavy (non-hydrogen) atoms. The predicted octanol–water partition coefficient (Wildman–Crippen LogP) is 0.150. The van der Waals surface area contributed by atoms with E-state index in [1.165, 1.54) is 13.1 Å². The largest absolute Gasteiger partial charge is 0.374 e. The normalized spacial score (nSPS) is 12.2. The molecule has 0 aliphatic heterocycles. The van der Waals surface area contributed by atoms with Crippen molar-refractivity contribution in [3.63, 3.8) is 0 Å². The molecule has 1 heterocycles. The van der Waals surface area contributed by atoms with Crippen LogP contribution in [0.5, 0.6) is 0 Å². The number of nitrogens with one attached hydrogen (secondary N) is 1. The minimum atomic E-state index is -0.848. The second kappa shape index (κ2) is 3.82. The molecule has 0 radical (unpaired) electrons. The topological polar surface area (TPSA) is 62.2 Å². The molecule has 0 fully saturated rings. The van der Waals surface area contributed by atoms with E-state index >= 15 is 0 Å². The Hall–Kier alpha value is -1.42. The van der Waals surface area contributed by atoms with Crippen molar-refractivity contribution in [2.45, 2.75) is 13.2 Å². The van der Waals surface area contributed by atoms with Gasteiger partial charge in [-0.2, -0.15) is 0 Å². The van der Waals surface area contributed by atoms with Crippen molar-refractivity contribution < 1.29 is 9.90 Å². The number of carbonyl (C=O) groups excluding carboxylic acids is 1. The zero-order valence-corrected chi connectivity index (χ0v) is 6.69. The molecule has 1 aromatic rings. The number of aliphatic hydroxyl groups is 1. The van der Waals surface area contributed by atoms with Crippen molar-refractivity contribution in [1.82, 2.24) is 10.3 Å². The van der Waals surface area contributed by atoms with Crippen LogP contribution in [0.15, 0.2) is 24.4 Å². The third-order valence-electron chi connectivity index (χ3n) is 1.24. The quantitative estimate of drug-likeness (QED) is 0.615. The molecule has 1 amide bonds. The minimum absolute atomic E-state index is 0.304. The van der Waals surface area contributed by atoms with E-state index in [4.69, 9.17) is 5.11 Å². The molecule has 1 rings (SSSR count). The van der Waals surface area contributed by atoms with Crippen LogP contribution in [0, 0.1) is 0 Å². The van der Waals surface area contributed by atoms with E-state index in [1.807, 2.05) is 0 Å². The Morgan fingerprint density at radius 2 is 2.42 bits per heavy atom. The average molecular weight is 166 g/mol. The lowest BCUT2D eigenvalue weighted by atomic mass is 10.3. The van der Waals surface area contributed by atoms with Gasteiger partial charge in [0, 0.05) is 6.20 Å². The van der Waals surface area contributed by atoms with Crippen LogP contribution < -0.4 is 5.32 Å². The molecule has 4 nitrogen and oxygen atoms in total. The number of aliphatic hydroxyl groups excluding tert-OH is 1. The first-order valence-electron chi connectivity index (χ1n) is 3.60. The van der Waals surface area contributed by atoms with E-state index in [0.29, 0.717) is 5.69 Å². The highest BCUT2D eigenvalue weighted by atomic mass is 16.3. The summed E-state index contributed by atoms with van der Waals surface area (Å²) in [5.74, 6) is -0.370. The lowest BCUT2D eigenvalue weighted by Gasteiger charge is -2.05. The molecule has 64 valence electrons. The SMILES string of the molecule is CC(O)NC(=O)c1ccccn1. The Morgan fingerprint density at radius 3 is 2.92 bits per heavy atom. The zero-order valence-electron chi connectivity index (χ0n) is 6.69. The molecule has 0 saturated carbocycles. The fourth-order valence-electron chi connectivity index (χ4n) is 0.761. The van der Waals surface area contributed by atoms with Gasteiger partial charge in [-0.25, -0.2) is 0 Å². The molecule has 0 aliphatic carbocycles. The number of rotatable bonds is 2. The van der Waals surface area contributed by atoms with Gasteiger partial charge in [-0.15, -0.1) is 0 Å². The summed E-state index contributed by atoms with van der Waals surface area (Å²) in [5.41, 5.74) is 0.304. The van der Waals surface area contributed by atoms with Gasteiger partial charge in [-0.3, -0.25) is 9.78 Å². The van der Waals surface area contributed by atoms with Gasteiger partial charge in [-0.1, -0.05) is 6.07 Å².